The topological polar surface area (TPSA) is 92.2 Å². The van der Waals surface area contributed by atoms with Gasteiger partial charge in [-0.05, 0) is 62.0 Å². The van der Waals surface area contributed by atoms with Crippen LogP contribution in [-0.4, -0.2) is 44.1 Å². The van der Waals surface area contributed by atoms with Crippen LogP contribution in [0.2, 0.25) is 0 Å². The van der Waals surface area contributed by atoms with Gasteiger partial charge in [-0.15, -0.1) is 0 Å². The SMILES string of the molecule is Cc1ccc(-n2nc(C(C)(C)C)cc2NC(=O)Nc2ccc(-c3ccc(CN4CCCC(=O)C4C)nc3)c3ccccc23)cc1. The number of hydrogen-bond acceptors (Lipinski definition) is 5. The Morgan fingerprint density at radius 3 is 2.42 bits per heavy atom. The number of urea groups is 1. The highest BCUT2D eigenvalue weighted by Gasteiger charge is 2.26. The van der Waals surface area contributed by atoms with Gasteiger partial charge in [-0.3, -0.25) is 20.0 Å². The number of aryl methyl sites for hydroxylation is 1. The molecule has 0 radical (unpaired) electrons. The molecule has 1 aliphatic heterocycles. The van der Waals surface area contributed by atoms with Crippen molar-refractivity contribution in [3.63, 3.8) is 0 Å². The molecule has 1 fully saturated rings. The van der Waals surface area contributed by atoms with E-state index in [1.807, 2.05) is 86.8 Å². The number of Topliss-reactive ketones (excluding diaryl/α,β-unsaturated/α-hetero) is 1. The summed E-state index contributed by atoms with van der Waals surface area (Å²) in [6, 6.07) is 25.7. The van der Waals surface area contributed by atoms with Crippen LogP contribution in [-0.2, 0) is 16.8 Å². The summed E-state index contributed by atoms with van der Waals surface area (Å²) in [7, 11) is 0. The van der Waals surface area contributed by atoms with E-state index in [9.17, 15) is 9.59 Å². The Morgan fingerprint density at radius 2 is 1.71 bits per heavy atom. The number of benzene rings is 3. The van der Waals surface area contributed by atoms with E-state index in [1.165, 1.54) is 0 Å². The van der Waals surface area contributed by atoms with Gasteiger partial charge in [-0.25, -0.2) is 9.48 Å². The maximum Gasteiger partial charge on any atom is 0.324 e. The highest BCUT2D eigenvalue weighted by atomic mass is 16.2. The van der Waals surface area contributed by atoms with Crippen LogP contribution in [0.25, 0.3) is 27.6 Å². The van der Waals surface area contributed by atoms with Crippen molar-refractivity contribution >= 4 is 34.1 Å². The van der Waals surface area contributed by atoms with Crippen LogP contribution in [0.15, 0.2) is 85.1 Å². The summed E-state index contributed by atoms with van der Waals surface area (Å²) >= 11 is 0. The van der Waals surface area contributed by atoms with E-state index in [-0.39, 0.29) is 17.5 Å². The molecule has 1 unspecified atom stereocenters. The average molecular weight is 601 g/mol. The van der Waals surface area contributed by atoms with Crippen molar-refractivity contribution in [1.82, 2.24) is 19.7 Å². The van der Waals surface area contributed by atoms with Gasteiger partial charge in [0.05, 0.1) is 28.8 Å². The summed E-state index contributed by atoms with van der Waals surface area (Å²) in [5.74, 6) is 0.898. The van der Waals surface area contributed by atoms with Crippen molar-refractivity contribution in [3.8, 4) is 16.8 Å². The first-order valence-corrected chi connectivity index (χ1v) is 15.6. The van der Waals surface area contributed by atoms with Crippen molar-refractivity contribution in [1.29, 1.82) is 0 Å². The Labute approximate surface area is 264 Å². The molecule has 2 aromatic heterocycles. The van der Waals surface area contributed by atoms with Crippen LogP contribution in [0.3, 0.4) is 0 Å². The molecule has 0 bridgehead atoms. The third-order valence-corrected chi connectivity index (χ3v) is 8.55. The monoisotopic (exact) mass is 600 g/mol. The number of piperidine rings is 1. The standard InChI is InChI=1S/C37H40N6O2/c1-24-12-16-28(17-13-24)43-35(21-34(41-43)37(3,4)5)40-36(45)39-32-19-18-29(30-9-6-7-10-31(30)32)26-14-15-27(38-22-26)23-42-20-8-11-33(44)25(42)2/h6-7,9-10,12-19,21-22,25H,8,11,20,23H2,1-5H3,(H2,39,40,45). The third kappa shape index (κ3) is 6.51. The van der Waals surface area contributed by atoms with E-state index in [0.717, 1.165) is 57.5 Å². The molecular formula is C37H40N6O2. The number of aromatic nitrogens is 3. The first kappa shape index (κ1) is 30.2. The van der Waals surface area contributed by atoms with Crippen molar-refractivity contribution < 1.29 is 9.59 Å². The lowest BCUT2D eigenvalue weighted by atomic mass is 9.92. The molecule has 5 aromatic rings. The van der Waals surface area contributed by atoms with Gasteiger partial charge in [0, 0.05) is 41.6 Å². The quantitative estimate of drug-likeness (QED) is 0.207. The number of pyridine rings is 1. The molecule has 2 amide bonds. The lowest BCUT2D eigenvalue weighted by Crippen LogP contribution is -2.43. The Morgan fingerprint density at radius 1 is 0.956 bits per heavy atom. The van der Waals surface area contributed by atoms with Gasteiger partial charge in [-0.1, -0.05) is 74.9 Å². The average Bonchev–Trinajstić information content (AvgIpc) is 3.45. The molecule has 0 spiro atoms. The van der Waals surface area contributed by atoms with Crippen molar-refractivity contribution in [2.75, 3.05) is 17.2 Å². The van der Waals surface area contributed by atoms with Gasteiger partial charge in [0.15, 0.2) is 0 Å². The molecule has 0 saturated carbocycles. The molecule has 1 atom stereocenters. The highest BCUT2D eigenvalue weighted by Crippen LogP contribution is 2.34. The predicted octanol–water partition coefficient (Wildman–Crippen LogP) is 7.89. The van der Waals surface area contributed by atoms with Gasteiger partial charge in [0.25, 0.3) is 0 Å². The fourth-order valence-corrected chi connectivity index (χ4v) is 5.81. The number of fused-ring (bicyclic) bond motifs is 1. The van der Waals surface area contributed by atoms with E-state index in [1.54, 1.807) is 4.68 Å². The van der Waals surface area contributed by atoms with Gasteiger partial charge in [-0.2, -0.15) is 5.10 Å². The summed E-state index contributed by atoms with van der Waals surface area (Å²) in [5, 5.41) is 12.9. The van der Waals surface area contributed by atoms with Crippen LogP contribution in [0.4, 0.5) is 16.3 Å². The molecule has 3 aromatic carbocycles. The van der Waals surface area contributed by atoms with Crippen LogP contribution in [0.5, 0.6) is 0 Å². The highest BCUT2D eigenvalue weighted by molar-refractivity contribution is 6.09. The smallest absolute Gasteiger partial charge is 0.307 e. The van der Waals surface area contributed by atoms with Crippen LogP contribution in [0.1, 0.15) is 57.5 Å². The first-order chi connectivity index (χ1) is 21.6. The summed E-state index contributed by atoms with van der Waals surface area (Å²) in [6.07, 6.45) is 3.46. The Balaban J connectivity index is 1.23. The van der Waals surface area contributed by atoms with Crippen LogP contribution < -0.4 is 10.6 Å². The molecular weight excluding hydrogens is 560 g/mol. The van der Waals surface area contributed by atoms with Crippen LogP contribution in [0, 0.1) is 6.92 Å². The third-order valence-electron chi connectivity index (χ3n) is 8.55. The second-order valence-corrected chi connectivity index (χ2v) is 13.0. The van der Waals surface area contributed by atoms with E-state index in [2.05, 4.69) is 48.4 Å². The molecule has 8 heteroatoms. The molecule has 230 valence electrons. The number of ketones is 1. The molecule has 8 nitrogen and oxygen atoms in total. The minimum Gasteiger partial charge on any atom is -0.307 e. The maximum atomic E-state index is 13.4. The number of nitrogens with zero attached hydrogens (tertiary/aromatic N) is 4. The van der Waals surface area contributed by atoms with E-state index >= 15 is 0 Å². The van der Waals surface area contributed by atoms with E-state index in [0.29, 0.717) is 30.3 Å². The number of amides is 2. The van der Waals surface area contributed by atoms with E-state index in [4.69, 9.17) is 10.1 Å². The number of nitrogens with one attached hydrogen (secondary N) is 2. The van der Waals surface area contributed by atoms with Gasteiger partial charge in [0.2, 0.25) is 0 Å². The second kappa shape index (κ2) is 12.3. The Hall–Kier alpha value is -4.82. The molecule has 1 saturated heterocycles. The predicted molar refractivity (Wildman–Crippen MR) is 181 cm³/mol. The normalized spacial score (nSPS) is 15.8. The Bertz CT molecular complexity index is 1850. The molecule has 0 aliphatic carbocycles. The van der Waals surface area contributed by atoms with Crippen molar-refractivity contribution in [2.24, 2.45) is 0 Å². The number of anilines is 2. The molecule has 6 rings (SSSR count). The van der Waals surface area contributed by atoms with Gasteiger partial charge in [0.1, 0.15) is 11.6 Å². The lowest BCUT2D eigenvalue weighted by Gasteiger charge is -2.31. The summed E-state index contributed by atoms with van der Waals surface area (Å²) in [6.45, 7) is 11.9. The first-order valence-electron chi connectivity index (χ1n) is 15.6. The van der Waals surface area contributed by atoms with Crippen LogP contribution >= 0.6 is 0 Å². The zero-order chi connectivity index (χ0) is 31.7. The Kier molecular flexibility index (Phi) is 8.25. The fourth-order valence-electron chi connectivity index (χ4n) is 5.81. The maximum absolute atomic E-state index is 13.4. The minimum absolute atomic E-state index is 0.0647. The zero-order valence-corrected chi connectivity index (χ0v) is 26.6. The number of carbonyl (C=O) groups excluding carboxylic acids is 2. The van der Waals surface area contributed by atoms with Crippen molar-refractivity contribution in [3.05, 3.63) is 102 Å². The largest absolute Gasteiger partial charge is 0.324 e. The van der Waals surface area contributed by atoms with Gasteiger partial charge < -0.3 is 5.32 Å². The molecule has 1 aliphatic rings. The number of carbonyl (C=O) groups is 2. The minimum atomic E-state index is -0.349. The lowest BCUT2D eigenvalue weighted by molar-refractivity contribution is -0.126. The number of rotatable bonds is 6. The fraction of sp³-hybridized carbons (Fsp3) is 0.297. The van der Waals surface area contributed by atoms with E-state index < -0.39 is 0 Å². The summed E-state index contributed by atoms with van der Waals surface area (Å²) < 4.78 is 1.78. The zero-order valence-electron chi connectivity index (χ0n) is 26.6. The number of likely N-dealkylation sites (tertiary alicyclic amines) is 1. The summed E-state index contributed by atoms with van der Waals surface area (Å²) in [4.78, 5) is 32.5. The molecule has 3 heterocycles. The number of hydrogen-bond donors (Lipinski definition) is 2. The molecule has 45 heavy (non-hydrogen) atoms. The summed E-state index contributed by atoms with van der Waals surface area (Å²) in [5.41, 5.74) is 6.39. The van der Waals surface area contributed by atoms with Crippen molar-refractivity contribution in [2.45, 2.75) is 65.5 Å². The molecule has 2 N–H and O–H groups in total. The second-order valence-electron chi connectivity index (χ2n) is 13.0. The van der Waals surface area contributed by atoms with Gasteiger partial charge >= 0.3 is 6.03 Å².